The summed E-state index contributed by atoms with van der Waals surface area (Å²) < 4.78 is 5.14. The summed E-state index contributed by atoms with van der Waals surface area (Å²) in [5, 5.41) is 0. The molecule has 0 aliphatic carbocycles. The number of benzene rings is 1. The maximum atomic E-state index is 12.7. The number of rotatable bonds is 4. The minimum Gasteiger partial charge on any atom is -0.497 e. The zero-order chi connectivity index (χ0) is 14.8. The molecule has 1 aromatic rings. The van der Waals surface area contributed by atoms with E-state index >= 15 is 0 Å². The number of carbonyl (C=O) groups is 1. The number of nitrogens with zero attached hydrogens (tertiary/aromatic N) is 2. The van der Waals surface area contributed by atoms with Crippen LogP contribution in [0.1, 0.15) is 23.2 Å². The molecule has 21 heavy (non-hydrogen) atoms. The van der Waals surface area contributed by atoms with Crippen molar-refractivity contribution in [1.82, 2.24) is 9.80 Å². The van der Waals surface area contributed by atoms with E-state index in [1.165, 1.54) is 0 Å². The largest absolute Gasteiger partial charge is 0.497 e. The summed E-state index contributed by atoms with van der Waals surface area (Å²) >= 11 is 0. The van der Waals surface area contributed by atoms with Crippen molar-refractivity contribution in [3.05, 3.63) is 42.5 Å². The van der Waals surface area contributed by atoms with E-state index < -0.39 is 0 Å². The van der Waals surface area contributed by atoms with E-state index in [0.29, 0.717) is 12.1 Å². The van der Waals surface area contributed by atoms with Gasteiger partial charge in [-0.1, -0.05) is 6.08 Å². The minimum atomic E-state index is 0.144. The van der Waals surface area contributed by atoms with Gasteiger partial charge in [-0.3, -0.25) is 9.69 Å². The van der Waals surface area contributed by atoms with Gasteiger partial charge in [-0.05, 0) is 37.1 Å². The third-order valence-corrected chi connectivity index (χ3v) is 4.65. The number of carbonyl (C=O) groups excluding carboxylic acids is 1. The molecule has 0 spiro atoms. The molecule has 4 nitrogen and oxygen atoms in total. The predicted octanol–water partition coefficient (Wildman–Crippen LogP) is 2.17. The lowest BCUT2D eigenvalue weighted by molar-refractivity contribution is 0.0733. The fourth-order valence-corrected chi connectivity index (χ4v) is 3.62. The molecule has 2 atom stereocenters. The van der Waals surface area contributed by atoms with E-state index in [0.717, 1.165) is 43.8 Å². The summed E-state index contributed by atoms with van der Waals surface area (Å²) in [5.41, 5.74) is 0.749. The zero-order valence-corrected chi connectivity index (χ0v) is 12.5. The Kier molecular flexibility index (Phi) is 3.97. The standard InChI is InChI=1S/C17H22N2O2/c1-3-10-18-11-8-16-15(18)9-12-19(16)17(20)13-4-6-14(21-2)7-5-13/h3-7,15-16H,1,8-12H2,2H3/t15-,16+/m0/s1. The van der Waals surface area contributed by atoms with E-state index in [1.54, 1.807) is 7.11 Å². The molecule has 2 aliphatic rings. The second-order valence-corrected chi connectivity index (χ2v) is 5.72. The Labute approximate surface area is 126 Å². The second-order valence-electron chi connectivity index (χ2n) is 5.72. The maximum absolute atomic E-state index is 12.7. The van der Waals surface area contributed by atoms with Crippen LogP contribution in [0.4, 0.5) is 0 Å². The van der Waals surface area contributed by atoms with Gasteiger partial charge in [0.05, 0.1) is 7.11 Å². The van der Waals surface area contributed by atoms with Gasteiger partial charge in [0, 0.05) is 37.3 Å². The molecule has 0 aromatic heterocycles. The van der Waals surface area contributed by atoms with Crippen molar-refractivity contribution >= 4 is 5.91 Å². The van der Waals surface area contributed by atoms with E-state index in [1.807, 2.05) is 30.3 Å². The molecule has 2 saturated heterocycles. The van der Waals surface area contributed by atoms with Crippen LogP contribution in [0.2, 0.25) is 0 Å². The van der Waals surface area contributed by atoms with E-state index in [2.05, 4.69) is 16.4 Å². The number of hydrogen-bond donors (Lipinski definition) is 0. The quantitative estimate of drug-likeness (QED) is 0.795. The van der Waals surface area contributed by atoms with Crippen LogP contribution in [0.25, 0.3) is 0 Å². The third-order valence-electron chi connectivity index (χ3n) is 4.65. The first-order chi connectivity index (χ1) is 10.2. The molecule has 112 valence electrons. The van der Waals surface area contributed by atoms with Crippen LogP contribution in [0, 0.1) is 0 Å². The molecule has 4 heteroatoms. The molecular formula is C17H22N2O2. The minimum absolute atomic E-state index is 0.144. The highest BCUT2D eigenvalue weighted by Gasteiger charge is 2.43. The predicted molar refractivity (Wildman–Crippen MR) is 82.6 cm³/mol. The van der Waals surface area contributed by atoms with Gasteiger partial charge >= 0.3 is 0 Å². The fourth-order valence-electron chi connectivity index (χ4n) is 3.62. The number of amides is 1. The van der Waals surface area contributed by atoms with Crippen molar-refractivity contribution in [2.75, 3.05) is 26.7 Å². The topological polar surface area (TPSA) is 32.8 Å². The van der Waals surface area contributed by atoms with Crippen molar-refractivity contribution in [3.8, 4) is 5.75 Å². The molecule has 3 rings (SSSR count). The first-order valence-electron chi connectivity index (χ1n) is 7.54. The monoisotopic (exact) mass is 286 g/mol. The molecule has 1 aromatic carbocycles. The van der Waals surface area contributed by atoms with Gasteiger partial charge in [0.25, 0.3) is 5.91 Å². The number of hydrogen-bond acceptors (Lipinski definition) is 3. The Hall–Kier alpha value is -1.81. The van der Waals surface area contributed by atoms with Gasteiger partial charge in [0.1, 0.15) is 5.75 Å². The first-order valence-corrected chi connectivity index (χ1v) is 7.54. The highest BCUT2D eigenvalue weighted by atomic mass is 16.5. The normalized spacial score (nSPS) is 24.9. The smallest absolute Gasteiger partial charge is 0.254 e. The molecule has 0 radical (unpaired) electrons. The van der Waals surface area contributed by atoms with Crippen molar-refractivity contribution in [3.63, 3.8) is 0 Å². The number of methoxy groups -OCH3 is 1. The lowest BCUT2D eigenvalue weighted by Gasteiger charge is -2.25. The fraction of sp³-hybridized carbons (Fsp3) is 0.471. The number of likely N-dealkylation sites (tertiary alicyclic amines) is 2. The summed E-state index contributed by atoms with van der Waals surface area (Å²) in [4.78, 5) is 17.2. The van der Waals surface area contributed by atoms with E-state index in [-0.39, 0.29) is 5.91 Å². The maximum Gasteiger partial charge on any atom is 0.254 e. The molecular weight excluding hydrogens is 264 g/mol. The van der Waals surface area contributed by atoms with Gasteiger partial charge in [0.15, 0.2) is 0 Å². The third kappa shape index (κ3) is 2.56. The molecule has 0 N–H and O–H groups in total. The zero-order valence-electron chi connectivity index (χ0n) is 12.5. The molecule has 1 amide bonds. The van der Waals surface area contributed by atoms with Gasteiger partial charge in [-0.25, -0.2) is 0 Å². The van der Waals surface area contributed by atoms with Crippen LogP contribution in [0.3, 0.4) is 0 Å². The average molecular weight is 286 g/mol. The van der Waals surface area contributed by atoms with Gasteiger partial charge in [0.2, 0.25) is 0 Å². The first kappa shape index (κ1) is 14.1. The Morgan fingerprint density at radius 2 is 2.00 bits per heavy atom. The van der Waals surface area contributed by atoms with Gasteiger partial charge in [-0.15, -0.1) is 6.58 Å². The van der Waals surface area contributed by atoms with Crippen LogP contribution in [-0.2, 0) is 0 Å². The summed E-state index contributed by atoms with van der Waals surface area (Å²) in [6.45, 7) is 6.66. The van der Waals surface area contributed by atoms with E-state index in [4.69, 9.17) is 4.74 Å². The average Bonchev–Trinajstić information content (AvgIpc) is 3.10. The van der Waals surface area contributed by atoms with Crippen molar-refractivity contribution in [2.24, 2.45) is 0 Å². The Morgan fingerprint density at radius 1 is 1.29 bits per heavy atom. The molecule has 2 heterocycles. The lowest BCUT2D eigenvalue weighted by Crippen LogP contribution is -2.39. The van der Waals surface area contributed by atoms with Gasteiger partial charge < -0.3 is 9.64 Å². The van der Waals surface area contributed by atoms with Crippen LogP contribution in [-0.4, -0.2) is 54.5 Å². The summed E-state index contributed by atoms with van der Waals surface area (Å²) in [7, 11) is 1.63. The highest BCUT2D eigenvalue weighted by molar-refractivity contribution is 5.94. The van der Waals surface area contributed by atoms with Gasteiger partial charge in [-0.2, -0.15) is 0 Å². The van der Waals surface area contributed by atoms with Crippen LogP contribution < -0.4 is 4.74 Å². The van der Waals surface area contributed by atoms with Crippen LogP contribution in [0.5, 0.6) is 5.75 Å². The van der Waals surface area contributed by atoms with Crippen molar-refractivity contribution in [2.45, 2.75) is 24.9 Å². The molecule has 0 unspecified atom stereocenters. The Bertz CT molecular complexity index is 526. The molecule has 0 bridgehead atoms. The SMILES string of the molecule is C=CCN1CC[C@@H]2[C@@H]1CCN2C(=O)c1ccc(OC)cc1. The van der Waals surface area contributed by atoms with Crippen molar-refractivity contribution < 1.29 is 9.53 Å². The lowest BCUT2D eigenvalue weighted by atomic mass is 10.1. The van der Waals surface area contributed by atoms with Crippen molar-refractivity contribution in [1.29, 1.82) is 0 Å². The molecule has 2 fully saturated rings. The number of fused-ring (bicyclic) bond motifs is 1. The van der Waals surface area contributed by atoms with Crippen LogP contribution >= 0.6 is 0 Å². The summed E-state index contributed by atoms with van der Waals surface area (Å²) in [5.74, 6) is 0.925. The van der Waals surface area contributed by atoms with E-state index in [9.17, 15) is 4.79 Å². The Balaban J connectivity index is 1.72. The summed E-state index contributed by atoms with van der Waals surface area (Å²) in [6.07, 6.45) is 4.09. The second kappa shape index (κ2) is 5.90. The highest BCUT2D eigenvalue weighted by Crippen LogP contribution is 2.32. The molecule has 2 aliphatic heterocycles. The summed E-state index contributed by atoms with van der Waals surface area (Å²) in [6, 6.07) is 8.26. The Morgan fingerprint density at radius 3 is 2.67 bits per heavy atom. The van der Waals surface area contributed by atoms with Crippen LogP contribution in [0.15, 0.2) is 36.9 Å². The number of ether oxygens (including phenoxy) is 1. The molecule has 0 saturated carbocycles.